The number of anilines is 1. The Labute approximate surface area is 106 Å². The quantitative estimate of drug-likeness (QED) is 0.749. The molecular weight excluding hydrogens is 232 g/mol. The Morgan fingerprint density at radius 1 is 1.22 bits per heavy atom. The van der Waals surface area contributed by atoms with Crippen molar-refractivity contribution in [2.75, 3.05) is 44.3 Å². The third-order valence-electron chi connectivity index (χ3n) is 3.77. The van der Waals surface area contributed by atoms with Crippen LogP contribution in [0.2, 0.25) is 0 Å². The lowest BCUT2D eigenvalue weighted by Crippen LogP contribution is -2.44. The van der Waals surface area contributed by atoms with Gasteiger partial charge in [-0.3, -0.25) is 9.69 Å². The molecular formula is C13H18N2O3. The van der Waals surface area contributed by atoms with Gasteiger partial charge in [-0.15, -0.1) is 0 Å². The molecule has 2 aliphatic rings. The summed E-state index contributed by atoms with van der Waals surface area (Å²) < 4.78 is 10.8. The van der Waals surface area contributed by atoms with Crippen molar-refractivity contribution >= 4 is 12.2 Å². The molecule has 0 aliphatic carbocycles. The number of carbonyl (C=O) groups excluding carboxylic acids is 1. The molecule has 2 fully saturated rings. The summed E-state index contributed by atoms with van der Waals surface area (Å²) in [5, 5.41) is 0. The van der Waals surface area contributed by atoms with Crippen molar-refractivity contribution in [2.45, 2.75) is 12.5 Å². The number of rotatable bonds is 3. The van der Waals surface area contributed by atoms with E-state index in [0.717, 1.165) is 58.0 Å². The summed E-state index contributed by atoms with van der Waals surface area (Å²) in [4.78, 5) is 15.3. The highest BCUT2D eigenvalue weighted by Gasteiger charge is 2.29. The number of carbonyl (C=O) groups is 1. The Morgan fingerprint density at radius 2 is 2.06 bits per heavy atom. The van der Waals surface area contributed by atoms with Gasteiger partial charge in [-0.2, -0.15) is 0 Å². The van der Waals surface area contributed by atoms with Crippen molar-refractivity contribution in [3.63, 3.8) is 0 Å². The molecule has 0 saturated carbocycles. The molecule has 2 aliphatic heterocycles. The smallest absolute Gasteiger partial charge is 0.196 e. The van der Waals surface area contributed by atoms with Crippen LogP contribution < -0.4 is 4.90 Å². The first-order chi connectivity index (χ1) is 8.86. The first-order valence-corrected chi connectivity index (χ1v) is 6.48. The zero-order valence-corrected chi connectivity index (χ0v) is 10.4. The second-order valence-electron chi connectivity index (χ2n) is 4.83. The minimum Gasteiger partial charge on any atom is -0.438 e. The second kappa shape index (κ2) is 5.12. The summed E-state index contributed by atoms with van der Waals surface area (Å²) >= 11 is 0. The molecule has 0 bridgehead atoms. The molecule has 2 saturated heterocycles. The number of furan rings is 1. The molecule has 1 atom stereocenters. The summed E-state index contributed by atoms with van der Waals surface area (Å²) in [5.74, 6) is 1.22. The van der Waals surface area contributed by atoms with Crippen molar-refractivity contribution in [2.24, 2.45) is 0 Å². The van der Waals surface area contributed by atoms with Crippen LogP contribution in [-0.2, 0) is 4.74 Å². The van der Waals surface area contributed by atoms with E-state index >= 15 is 0 Å². The van der Waals surface area contributed by atoms with Crippen LogP contribution in [0.25, 0.3) is 0 Å². The van der Waals surface area contributed by atoms with E-state index in [2.05, 4.69) is 9.80 Å². The van der Waals surface area contributed by atoms with Crippen LogP contribution in [0.5, 0.6) is 0 Å². The molecule has 0 aromatic carbocycles. The number of ether oxygens (including phenoxy) is 1. The van der Waals surface area contributed by atoms with Crippen molar-refractivity contribution < 1.29 is 13.9 Å². The lowest BCUT2D eigenvalue weighted by atomic mass is 10.2. The molecule has 5 heteroatoms. The molecule has 0 N–H and O–H groups in total. The summed E-state index contributed by atoms with van der Waals surface area (Å²) in [5.41, 5.74) is 0. The van der Waals surface area contributed by atoms with E-state index in [1.54, 1.807) is 6.07 Å². The van der Waals surface area contributed by atoms with Crippen LogP contribution >= 0.6 is 0 Å². The lowest BCUT2D eigenvalue weighted by Gasteiger charge is -2.32. The van der Waals surface area contributed by atoms with Crippen molar-refractivity contribution in [3.05, 3.63) is 17.9 Å². The van der Waals surface area contributed by atoms with E-state index in [1.807, 2.05) is 6.07 Å². The molecule has 0 radical (unpaired) electrons. The Hall–Kier alpha value is -1.33. The Morgan fingerprint density at radius 3 is 2.78 bits per heavy atom. The molecule has 3 rings (SSSR count). The zero-order valence-electron chi connectivity index (χ0n) is 10.4. The van der Waals surface area contributed by atoms with Crippen molar-refractivity contribution in [3.8, 4) is 0 Å². The van der Waals surface area contributed by atoms with Crippen LogP contribution in [0, 0.1) is 0 Å². The van der Waals surface area contributed by atoms with Gasteiger partial charge in [-0.05, 0) is 12.5 Å². The van der Waals surface area contributed by atoms with Crippen molar-refractivity contribution in [1.82, 2.24) is 4.90 Å². The highest BCUT2D eigenvalue weighted by molar-refractivity contribution is 5.71. The van der Waals surface area contributed by atoms with Gasteiger partial charge >= 0.3 is 0 Å². The summed E-state index contributed by atoms with van der Waals surface area (Å²) in [6, 6.07) is 4.19. The van der Waals surface area contributed by atoms with Gasteiger partial charge in [-0.25, -0.2) is 0 Å². The van der Waals surface area contributed by atoms with Crippen LogP contribution in [0.3, 0.4) is 0 Å². The molecule has 1 aromatic rings. The fourth-order valence-corrected chi connectivity index (χ4v) is 2.76. The minimum atomic E-state index is 0.403. The van der Waals surface area contributed by atoms with E-state index in [-0.39, 0.29) is 0 Å². The van der Waals surface area contributed by atoms with Gasteiger partial charge in [0.05, 0.1) is 13.2 Å². The Balaban J connectivity index is 1.62. The van der Waals surface area contributed by atoms with E-state index in [4.69, 9.17) is 9.15 Å². The molecule has 3 heterocycles. The third-order valence-corrected chi connectivity index (χ3v) is 3.77. The average Bonchev–Trinajstić information content (AvgIpc) is 3.08. The number of nitrogens with zero attached hydrogens (tertiary/aromatic N) is 2. The summed E-state index contributed by atoms with van der Waals surface area (Å²) in [6.45, 7) is 5.70. The maximum atomic E-state index is 10.6. The molecule has 1 aromatic heterocycles. The fourth-order valence-electron chi connectivity index (χ4n) is 2.76. The number of hydrogen-bond donors (Lipinski definition) is 0. The van der Waals surface area contributed by atoms with Crippen LogP contribution in [0.1, 0.15) is 17.0 Å². The van der Waals surface area contributed by atoms with Crippen LogP contribution in [-0.4, -0.2) is 56.6 Å². The normalized spacial score (nSPS) is 25.6. The second-order valence-corrected chi connectivity index (χ2v) is 4.83. The average molecular weight is 250 g/mol. The topological polar surface area (TPSA) is 45.9 Å². The molecule has 5 nitrogen and oxygen atoms in total. The number of hydrogen-bond acceptors (Lipinski definition) is 5. The maximum absolute atomic E-state index is 10.6. The number of aldehydes is 1. The van der Waals surface area contributed by atoms with E-state index in [1.165, 1.54) is 0 Å². The molecule has 18 heavy (non-hydrogen) atoms. The van der Waals surface area contributed by atoms with Gasteiger partial charge in [-0.1, -0.05) is 0 Å². The standard InChI is InChI=1S/C13H18N2O3/c16-10-12-1-2-13(18-12)15-4-3-11(9-15)14-5-7-17-8-6-14/h1-2,10-11H,3-9H2. The highest BCUT2D eigenvalue weighted by Crippen LogP contribution is 2.25. The molecule has 0 spiro atoms. The first-order valence-electron chi connectivity index (χ1n) is 6.48. The fraction of sp³-hybridized carbons (Fsp3) is 0.615. The molecule has 0 amide bonds. The zero-order chi connectivity index (χ0) is 12.4. The van der Waals surface area contributed by atoms with E-state index in [0.29, 0.717) is 11.8 Å². The molecule has 98 valence electrons. The van der Waals surface area contributed by atoms with Gasteiger partial charge in [0, 0.05) is 38.3 Å². The summed E-state index contributed by atoms with van der Waals surface area (Å²) in [7, 11) is 0. The van der Waals surface area contributed by atoms with E-state index < -0.39 is 0 Å². The highest BCUT2D eigenvalue weighted by atomic mass is 16.5. The molecule has 1 unspecified atom stereocenters. The lowest BCUT2D eigenvalue weighted by molar-refractivity contribution is 0.0209. The van der Waals surface area contributed by atoms with Crippen LogP contribution in [0.15, 0.2) is 16.5 Å². The Bertz CT molecular complexity index is 412. The van der Waals surface area contributed by atoms with Gasteiger partial charge < -0.3 is 14.1 Å². The summed E-state index contributed by atoms with van der Waals surface area (Å²) in [6.07, 6.45) is 1.90. The minimum absolute atomic E-state index is 0.403. The predicted molar refractivity (Wildman–Crippen MR) is 67.1 cm³/mol. The third kappa shape index (κ3) is 2.28. The SMILES string of the molecule is O=Cc1ccc(N2CCC(N3CCOCC3)C2)o1. The van der Waals surface area contributed by atoms with Gasteiger partial charge in [0.15, 0.2) is 17.9 Å². The first kappa shape index (κ1) is 11.7. The van der Waals surface area contributed by atoms with Gasteiger partial charge in [0.2, 0.25) is 0 Å². The number of morpholine rings is 1. The largest absolute Gasteiger partial charge is 0.438 e. The van der Waals surface area contributed by atoms with Gasteiger partial charge in [0.1, 0.15) is 0 Å². The van der Waals surface area contributed by atoms with Crippen LogP contribution in [0.4, 0.5) is 5.88 Å². The Kier molecular flexibility index (Phi) is 3.34. The van der Waals surface area contributed by atoms with Gasteiger partial charge in [0.25, 0.3) is 0 Å². The van der Waals surface area contributed by atoms with E-state index in [9.17, 15) is 4.79 Å². The predicted octanol–water partition coefficient (Wildman–Crippen LogP) is 1.00. The van der Waals surface area contributed by atoms with Crippen molar-refractivity contribution in [1.29, 1.82) is 0 Å². The maximum Gasteiger partial charge on any atom is 0.196 e. The monoisotopic (exact) mass is 250 g/mol.